The Balaban J connectivity index is 1.39. The first-order valence-corrected chi connectivity index (χ1v) is 19.3. The summed E-state index contributed by atoms with van der Waals surface area (Å²) in [7, 11) is -3.89. The highest BCUT2D eigenvalue weighted by molar-refractivity contribution is 7.90. The zero-order valence-electron chi connectivity index (χ0n) is 30.4. The first-order chi connectivity index (χ1) is 24.2. The molecule has 1 aromatic carbocycles. The molecule has 5 rings (SSSR count). The molecule has 3 fully saturated rings. The highest BCUT2D eigenvalue weighted by Gasteiger charge is 2.61. The standard InChI is InChI=1S/C37H48FN3O10S/c1-7-24-16-37(24,34(46)39-52(48,49)26-11-12-26)17-31(43)29-15-25(50-35(47)40-18-22-9-8-10-28(38)27(22)20-40)19-41(29)33(45)23(13-30(42)21(2)3)14-32(44)51-36(4,5)6/h8-10,23-26,29H,2,7,11-20H2,1,3-6H3,(H,39,46)/t23-,24-,25-,29+,37-/m1/s1. The van der Waals surface area contributed by atoms with Gasteiger partial charge in [0, 0.05) is 31.4 Å². The van der Waals surface area contributed by atoms with Crippen LogP contribution in [-0.4, -0.2) is 83.2 Å². The lowest BCUT2D eigenvalue weighted by Crippen LogP contribution is -2.47. The second kappa shape index (κ2) is 14.7. The van der Waals surface area contributed by atoms with E-state index in [1.54, 1.807) is 32.9 Å². The number of nitrogens with zero attached hydrogens (tertiary/aromatic N) is 2. The summed E-state index contributed by atoms with van der Waals surface area (Å²) in [6.07, 6.45) is -1.48. The van der Waals surface area contributed by atoms with Gasteiger partial charge in [-0.1, -0.05) is 32.1 Å². The number of esters is 1. The summed E-state index contributed by atoms with van der Waals surface area (Å²) < 4.78 is 53.2. The first kappa shape index (κ1) is 39.1. The molecule has 0 bridgehead atoms. The van der Waals surface area contributed by atoms with E-state index in [-0.39, 0.29) is 50.4 Å². The number of fused-ring (bicyclic) bond motifs is 1. The number of hydrogen-bond acceptors (Lipinski definition) is 10. The van der Waals surface area contributed by atoms with Crippen molar-refractivity contribution in [2.45, 2.75) is 122 Å². The minimum absolute atomic E-state index is 0.0284. The number of sulfonamides is 1. The van der Waals surface area contributed by atoms with Gasteiger partial charge >= 0.3 is 12.1 Å². The lowest BCUT2D eigenvalue weighted by atomic mass is 9.90. The van der Waals surface area contributed by atoms with Gasteiger partial charge in [-0.3, -0.25) is 33.6 Å². The van der Waals surface area contributed by atoms with Crippen LogP contribution in [0.2, 0.25) is 0 Å². The van der Waals surface area contributed by atoms with E-state index in [0.29, 0.717) is 30.4 Å². The molecule has 5 atom stereocenters. The van der Waals surface area contributed by atoms with Crippen molar-refractivity contribution in [1.29, 1.82) is 0 Å². The van der Waals surface area contributed by atoms with Crippen molar-refractivity contribution in [3.05, 3.63) is 47.3 Å². The summed E-state index contributed by atoms with van der Waals surface area (Å²) in [6.45, 7) is 11.8. The molecule has 15 heteroatoms. The Morgan fingerprint density at radius 3 is 2.37 bits per heavy atom. The molecular formula is C37H48FN3O10S. The summed E-state index contributed by atoms with van der Waals surface area (Å²) in [5.41, 5.74) is -1.02. The number of halogens is 1. The molecule has 0 aromatic heterocycles. The van der Waals surface area contributed by atoms with Crippen LogP contribution in [0.3, 0.4) is 0 Å². The third-order valence-corrected chi connectivity index (χ3v) is 12.1. The van der Waals surface area contributed by atoms with Crippen LogP contribution in [0.5, 0.6) is 0 Å². The van der Waals surface area contributed by atoms with Gasteiger partial charge < -0.3 is 14.4 Å². The zero-order valence-corrected chi connectivity index (χ0v) is 31.2. The van der Waals surface area contributed by atoms with Crippen LogP contribution in [0.1, 0.15) is 97.1 Å². The number of benzene rings is 1. The average molecular weight is 746 g/mol. The van der Waals surface area contributed by atoms with Gasteiger partial charge in [-0.05, 0) is 70.1 Å². The maximum atomic E-state index is 14.4. The number of amides is 3. The number of ether oxygens (including phenoxy) is 2. The average Bonchev–Trinajstić information content (AvgIpc) is 3.94. The van der Waals surface area contributed by atoms with Crippen LogP contribution >= 0.6 is 0 Å². The Hall–Kier alpha value is -4.14. The third kappa shape index (κ3) is 8.72. The topological polar surface area (TPSA) is 174 Å². The molecule has 2 aliphatic heterocycles. The van der Waals surface area contributed by atoms with Crippen molar-refractivity contribution < 1.29 is 51.0 Å². The van der Waals surface area contributed by atoms with E-state index >= 15 is 0 Å². The summed E-state index contributed by atoms with van der Waals surface area (Å²) in [5.74, 6) is -5.18. The van der Waals surface area contributed by atoms with Crippen LogP contribution in [0.4, 0.5) is 9.18 Å². The molecule has 284 valence electrons. The molecule has 2 saturated carbocycles. The Bertz CT molecular complexity index is 1780. The van der Waals surface area contributed by atoms with E-state index < -0.39 is 98.5 Å². The molecule has 1 aromatic rings. The van der Waals surface area contributed by atoms with Crippen molar-refractivity contribution in [1.82, 2.24) is 14.5 Å². The molecule has 0 unspecified atom stereocenters. The Morgan fingerprint density at radius 2 is 1.79 bits per heavy atom. The maximum absolute atomic E-state index is 14.4. The highest BCUT2D eigenvalue weighted by atomic mass is 32.2. The lowest BCUT2D eigenvalue weighted by molar-refractivity contribution is -0.159. The molecular weight excluding hydrogens is 697 g/mol. The van der Waals surface area contributed by atoms with Crippen molar-refractivity contribution in [3.8, 4) is 0 Å². The zero-order chi connectivity index (χ0) is 38.3. The second-order valence-electron chi connectivity index (χ2n) is 15.7. The summed E-state index contributed by atoms with van der Waals surface area (Å²) in [5, 5.41) is -0.648. The van der Waals surface area contributed by atoms with E-state index in [4.69, 9.17) is 9.47 Å². The highest BCUT2D eigenvalue weighted by Crippen LogP contribution is 2.58. The Kier molecular flexibility index (Phi) is 11.1. The van der Waals surface area contributed by atoms with Gasteiger partial charge in [0.2, 0.25) is 21.8 Å². The molecule has 2 aliphatic carbocycles. The Labute approximate surface area is 303 Å². The molecule has 0 spiro atoms. The van der Waals surface area contributed by atoms with Crippen LogP contribution < -0.4 is 4.72 Å². The molecule has 1 saturated heterocycles. The number of carbonyl (C=O) groups is 6. The summed E-state index contributed by atoms with van der Waals surface area (Å²) in [4.78, 5) is 83.7. The van der Waals surface area contributed by atoms with E-state index in [1.165, 1.54) is 22.8 Å². The van der Waals surface area contributed by atoms with Gasteiger partial charge in [0.25, 0.3) is 0 Å². The Morgan fingerprint density at radius 1 is 1.10 bits per heavy atom. The quantitative estimate of drug-likeness (QED) is 0.216. The van der Waals surface area contributed by atoms with Crippen molar-refractivity contribution >= 4 is 45.5 Å². The molecule has 2 heterocycles. The molecule has 52 heavy (non-hydrogen) atoms. The number of Topliss-reactive ketones (excluding diaryl/α,β-unsaturated/α-hetero) is 2. The normalized spacial score (nSPS) is 24.5. The predicted molar refractivity (Wildman–Crippen MR) is 185 cm³/mol. The van der Waals surface area contributed by atoms with Gasteiger partial charge in [0.05, 0.1) is 42.1 Å². The number of nitrogens with one attached hydrogen (secondary N) is 1. The summed E-state index contributed by atoms with van der Waals surface area (Å²) >= 11 is 0. The van der Waals surface area contributed by atoms with Gasteiger partial charge in [0.1, 0.15) is 17.5 Å². The fourth-order valence-electron chi connectivity index (χ4n) is 7.23. The van der Waals surface area contributed by atoms with Gasteiger partial charge in [0.15, 0.2) is 11.6 Å². The SMILES string of the molecule is C=C(C)C(=O)C[C@H](CC(=O)OC(C)(C)C)C(=O)N1C[C@H](OC(=O)N2Cc3cccc(F)c3C2)C[C@H]1C(=O)C[C@]1(C(=O)NS(=O)(=O)C2CC2)C[C@H]1CC. The largest absolute Gasteiger partial charge is 0.460 e. The van der Waals surface area contributed by atoms with E-state index in [0.717, 1.165) is 0 Å². The fraction of sp³-hybridized carbons (Fsp3) is 0.622. The monoisotopic (exact) mass is 745 g/mol. The van der Waals surface area contributed by atoms with E-state index in [9.17, 15) is 41.6 Å². The van der Waals surface area contributed by atoms with Crippen LogP contribution in [-0.2, 0) is 56.6 Å². The second-order valence-corrected chi connectivity index (χ2v) is 17.6. The molecule has 1 N–H and O–H groups in total. The molecule has 0 radical (unpaired) electrons. The number of hydrogen-bond donors (Lipinski definition) is 1. The van der Waals surface area contributed by atoms with Crippen LogP contribution in [0, 0.1) is 23.1 Å². The number of likely N-dealkylation sites (tertiary alicyclic amines) is 1. The third-order valence-electron chi connectivity index (χ3n) is 10.3. The number of rotatable bonds is 14. The fourth-order valence-corrected chi connectivity index (χ4v) is 8.62. The smallest absolute Gasteiger partial charge is 0.410 e. The van der Waals surface area contributed by atoms with Crippen molar-refractivity contribution in [3.63, 3.8) is 0 Å². The molecule has 3 amide bonds. The number of ketones is 2. The minimum Gasteiger partial charge on any atom is -0.460 e. The van der Waals surface area contributed by atoms with E-state index in [2.05, 4.69) is 11.3 Å². The number of carbonyl (C=O) groups excluding carboxylic acids is 6. The maximum Gasteiger partial charge on any atom is 0.410 e. The van der Waals surface area contributed by atoms with Crippen molar-refractivity contribution in [2.75, 3.05) is 6.54 Å². The lowest BCUT2D eigenvalue weighted by Gasteiger charge is -2.29. The molecule has 4 aliphatic rings. The van der Waals surface area contributed by atoms with Crippen LogP contribution in [0.15, 0.2) is 30.4 Å². The predicted octanol–water partition coefficient (Wildman–Crippen LogP) is 4.11. The van der Waals surface area contributed by atoms with Crippen molar-refractivity contribution in [2.24, 2.45) is 17.3 Å². The van der Waals surface area contributed by atoms with Gasteiger partial charge in [-0.2, -0.15) is 0 Å². The van der Waals surface area contributed by atoms with Gasteiger partial charge in [-0.15, -0.1) is 0 Å². The first-order valence-electron chi connectivity index (χ1n) is 17.8. The molecule has 13 nitrogen and oxygen atoms in total. The van der Waals surface area contributed by atoms with Gasteiger partial charge in [-0.25, -0.2) is 17.6 Å². The van der Waals surface area contributed by atoms with Crippen LogP contribution in [0.25, 0.3) is 0 Å². The van der Waals surface area contributed by atoms with E-state index in [1.807, 2.05) is 6.92 Å². The summed E-state index contributed by atoms with van der Waals surface area (Å²) in [6, 6.07) is 3.33. The number of allylic oxidation sites excluding steroid dienone is 1. The minimum atomic E-state index is -3.89.